The lowest BCUT2D eigenvalue weighted by Crippen LogP contribution is -1.89. The van der Waals surface area contributed by atoms with Gasteiger partial charge in [-0.25, -0.2) is 0 Å². The number of para-hydroxylation sites is 2. The summed E-state index contributed by atoms with van der Waals surface area (Å²) in [5, 5.41) is 14.7. The monoisotopic (exact) mass is 180 g/mol. The summed E-state index contributed by atoms with van der Waals surface area (Å²) in [6, 6.07) is 7.00. The van der Waals surface area contributed by atoms with Crippen LogP contribution in [-0.4, -0.2) is 19.2 Å². The predicted octanol–water partition coefficient (Wildman–Crippen LogP) is 1.78. The van der Waals surface area contributed by atoms with E-state index < -0.39 is 0 Å². The molecule has 0 amide bonds. The molecule has 0 heterocycles. The molecule has 0 aliphatic heterocycles. The summed E-state index contributed by atoms with van der Waals surface area (Å²) >= 11 is 0. The molecular weight excluding hydrogens is 164 g/mol. The molecule has 1 aromatic rings. The highest BCUT2D eigenvalue weighted by molar-refractivity contribution is 5.56. The van der Waals surface area contributed by atoms with Gasteiger partial charge in [-0.1, -0.05) is 18.7 Å². The molecule has 0 saturated heterocycles. The van der Waals surface area contributed by atoms with Crippen LogP contribution in [0.15, 0.2) is 37.0 Å². The smallest absolute Gasteiger partial charge is 0.138 e. The number of phenols is 1. The Labute approximate surface area is 79.1 Å². The third kappa shape index (κ3) is 4.87. The number of nitrogens with one attached hydrogen (secondary N) is 2. The van der Waals surface area contributed by atoms with Gasteiger partial charge in [0.2, 0.25) is 0 Å². The molecular formula is C10H16N2O. The van der Waals surface area contributed by atoms with E-state index in [2.05, 4.69) is 17.2 Å². The van der Waals surface area contributed by atoms with Gasteiger partial charge in [-0.2, -0.15) is 0 Å². The van der Waals surface area contributed by atoms with Crippen LogP contribution in [0.2, 0.25) is 0 Å². The van der Waals surface area contributed by atoms with Crippen molar-refractivity contribution in [3.8, 4) is 5.75 Å². The Morgan fingerprint density at radius 3 is 2.31 bits per heavy atom. The molecule has 0 aromatic heterocycles. The first-order valence-electron chi connectivity index (χ1n) is 4.00. The minimum absolute atomic E-state index is 0.238. The molecule has 13 heavy (non-hydrogen) atoms. The molecule has 0 saturated carbocycles. The summed E-state index contributed by atoms with van der Waals surface area (Å²) in [5.41, 5.74) is 0.678. The van der Waals surface area contributed by atoms with Crippen molar-refractivity contribution in [1.82, 2.24) is 5.32 Å². The molecule has 0 aliphatic carbocycles. The highest BCUT2D eigenvalue weighted by Gasteiger charge is 1.92. The van der Waals surface area contributed by atoms with Gasteiger partial charge in [0.25, 0.3) is 0 Å². The minimum atomic E-state index is 0.238. The number of hydrogen-bond acceptors (Lipinski definition) is 3. The third-order valence-electron chi connectivity index (χ3n) is 1.16. The Morgan fingerprint density at radius 2 is 1.85 bits per heavy atom. The van der Waals surface area contributed by atoms with Crippen molar-refractivity contribution in [1.29, 1.82) is 0 Å². The van der Waals surface area contributed by atoms with Gasteiger partial charge in [-0.05, 0) is 32.4 Å². The average Bonchev–Trinajstić information content (AvgIpc) is 2.11. The van der Waals surface area contributed by atoms with E-state index in [1.165, 1.54) is 6.20 Å². The Kier molecular flexibility index (Phi) is 6.37. The number of aromatic hydroxyl groups is 1. The summed E-state index contributed by atoms with van der Waals surface area (Å²) in [7, 11) is 3.75. The van der Waals surface area contributed by atoms with Gasteiger partial charge in [-0.3, -0.25) is 0 Å². The van der Waals surface area contributed by atoms with Crippen molar-refractivity contribution in [3.05, 3.63) is 37.0 Å². The second-order valence-electron chi connectivity index (χ2n) is 2.37. The van der Waals surface area contributed by atoms with Gasteiger partial charge in [0.1, 0.15) is 5.75 Å². The highest BCUT2D eigenvalue weighted by Crippen LogP contribution is 2.20. The first-order valence-corrected chi connectivity index (χ1v) is 4.00. The molecule has 1 aromatic carbocycles. The largest absolute Gasteiger partial charge is 0.506 e. The molecule has 0 aliphatic rings. The Bertz CT molecular complexity index is 248. The molecule has 0 atom stereocenters. The summed E-state index contributed by atoms with van der Waals surface area (Å²) in [6.07, 6.45) is 1.52. The summed E-state index contributed by atoms with van der Waals surface area (Å²) in [6.45, 7) is 3.47. The van der Waals surface area contributed by atoms with Crippen LogP contribution in [0.3, 0.4) is 0 Å². The Hall–Kier alpha value is -1.48. The van der Waals surface area contributed by atoms with Crippen LogP contribution in [-0.2, 0) is 0 Å². The standard InChI is InChI=1S/C8H9NO.C2H7N/c1-2-9-7-5-3-4-6-8(7)10;1-3-2/h2-6,9-10H,1H2;3H,1-2H3. The number of phenolic OH excluding ortho intramolecular Hbond substituents is 1. The Balaban J connectivity index is 0.000000424. The molecule has 0 fully saturated rings. The molecule has 0 radical (unpaired) electrons. The van der Waals surface area contributed by atoms with Crippen molar-refractivity contribution in [2.24, 2.45) is 0 Å². The number of hydrogen-bond donors (Lipinski definition) is 3. The second kappa shape index (κ2) is 7.18. The minimum Gasteiger partial charge on any atom is -0.506 e. The maximum absolute atomic E-state index is 9.13. The van der Waals surface area contributed by atoms with E-state index >= 15 is 0 Å². The van der Waals surface area contributed by atoms with Crippen LogP contribution < -0.4 is 10.6 Å². The van der Waals surface area contributed by atoms with Gasteiger partial charge < -0.3 is 15.7 Å². The maximum Gasteiger partial charge on any atom is 0.138 e. The van der Waals surface area contributed by atoms with E-state index in [-0.39, 0.29) is 5.75 Å². The fourth-order valence-corrected chi connectivity index (χ4v) is 0.706. The zero-order chi connectivity index (χ0) is 10.1. The Morgan fingerprint density at radius 1 is 1.31 bits per heavy atom. The summed E-state index contributed by atoms with van der Waals surface area (Å²) in [4.78, 5) is 0. The van der Waals surface area contributed by atoms with Crippen LogP contribution in [0.1, 0.15) is 0 Å². The maximum atomic E-state index is 9.13. The van der Waals surface area contributed by atoms with E-state index in [0.29, 0.717) is 5.69 Å². The van der Waals surface area contributed by atoms with Gasteiger partial charge >= 0.3 is 0 Å². The molecule has 3 heteroatoms. The molecule has 3 N–H and O–H groups in total. The molecule has 0 bridgehead atoms. The van der Waals surface area contributed by atoms with Gasteiger partial charge in [0.15, 0.2) is 0 Å². The van der Waals surface area contributed by atoms with Crippen molar-refractivity contribution in [2.75, 3.05) is 19.4 Å². The zero-order valence-electron chi connectivity index (χ0n) is 8.04. The molecule has 3 nitrogen and oxygen atoms in total. The number of benzene rings is 1. The molecule has 1 rings (SSSR count). The van der Waals surface area contributed by atoms with Crippen molar-refractivity contribution < 1.29 is 5.11 Å². The quantitative estimate of drug-likeness (QED) is 0.608. The SMILES string of the molecule is C=CNc1ccccc1O.CNC. The molecule has 0 spiro atoms. The fraction of sp³-hybridized carbons (Fsp3) is 0.200. The van der Waals surface area contributed by atoms with E-state index in [4.69, 9.17) is 5.11 Å². The predicted molar refractivity (Wildman–Crippen MR) is 56.9 cm³/mol. The summed E-state index contributed by atoms with van der Waals surface area (Å²) in [5.74, 6) is 0.238. The summed E-state index contributed by atoms with van der Waals surface area (Å²) < 4.78 is 0. The molecule has 0 unspecified atom stereocenters. The average molecular weight is 180 g/mol. The molecule has 72 valence electrons. The topological polar surface area (TPSA) is 44.3 Å². The van der Waals surface area contributed by atoms with E-state index in [1.807, 2.05) is 20.2 Å². The van der Waals surface area contributed by atoms with Crippen molar-refractivity contribution in [2.45, 2.75) is 0 Å². The van der Waals surface area contributed by atoms with Crippen LogP contribution >= 0.6 is 0 Å². The second-order valence-corrected chi connectivity index (χ2v) is 2.37. The highest BCUT2D eigenvalue weighted by atomic mass is 16.3. The van der Waals surface area contributed by atoms with Gasteiger partial charge in [0, 0.05) is 0 Å². The van der Waals surface area contributed by atoms with Crippen LogP contribution in [0.25, 0.3) is 0 Å². The number of anilines is 1. The lowest BCUT2D eigenvalue weighted by atomic mass is 10.3. The van der Waals surface area contributed by atoms with Crippen LogP contribution in [0.4, 0.5) is 5.69 Å². The third-order valence-corrected chi connectivity index (χ3v) is 1.16. The van der Waals surface area contributed by atoms with Crippen LogP contribution in [0.5, 0.6) is 5.75 Å². The lowest BCUT2D eigenvalue weighted by molar-refractivity contribution is 0.477. The van der Waals surface area contributed by atoms with E-state index in [1.54, 1.807) is 18.2 Å². The lowest BCUT2D eigenvalue weighted by Gasteiger charge is -2.00. The van der Waals surface area contributed by atoms with Crippen molar-refractivity contribution >= 4 is 5.69 Å². The normalized spacial score (nSPS) is 8.15. The number of rotatable bonds is 2. The van der Waals surface area contributed by atoms with Crippen molar-refractivity contribution in [3.63, 3.8) is 0 Å². The fourth-order valence-electron chi connectivity index (χ4n) is 0.706. The van der Waals surface area contributed by atoms with Gasteiger partial charge in [0.05, 0.1) is 5.69 Å². The first-order chi connectivity index (χ1) is 6.26. The first kappa shape index (κ1) is 11.5. The van der Waals surface area contributed by atoms with E-state index in [0.717, 1.165) is 0 Å². The van der Waals surface area contributed by atoms with E-state index in [9.17, 15) is 0 Å². The van der Waals surface area contributed by atoms with Gasteiger partial charge in [-0.15, -0.1) is 0 Å². The van der Waals surface area contributed by atoms with Crippen LogP contribution in [0, 0.1) is 0 Å². The zero-order valence-corrected chi connectivity index (χ0v) is 8.04.